The van der Waals surface area contributed by atoms with E-state index in [-0.39, 0.29) is 0 Å². The Morgan fingerprint density at radius 3 is 2.12 bits per heavy atom. The fourth-order valence-electron chi connectivity index (χ4n) is 4.09. The van der Waals surface area contributed by atoms with Crippen molar-refractivity contribution in [3.05, 3.63) is 0 Å². The van der Waals surface area contributed by atoms with Crippen molar-refractivity contribution in [3.63, 3.8) is 0 Å². The maximum atomic E-state index is 9.48. The quantitative estimate of drug-likeness (QED) is 0.572. The molecular weight excluding hydrogens is 204 g/mol. The molecule has 4 fully saturated rings. The minimum Gasteiger partial charge on any atom is -0.395 e. The second-order valence-electron chi connectivity index (χ2n) is 5.47. The molecule has 0 saturated carbocycles. The molecule has 0 aromatic heterocycles. The summed E-state index contributed by atoms with van der Waals surface area (Å²) in [6, 6.07) is 0.382. The molecule has 3 unspecified atom stereocenters. The molecule has 4 rings (SSSR count). The molecule has 4 heterocycles. The van der Waals surface area contributed by atoms with E-state index in [1.54, 1.807) is 0 Å². The van der Waals surface area contributed by atoms with Crippen molar-refractivity contribution in [2.45, 2.75) is 18.4 Å². The van der Waals surface area contributed by atoms with Crippen LogP contribution in [-0.4, -0.2) is 95.5 Å². The minimum atomic E-state index is 0.319. The molecule has 0 bridgehead atoms. The molecule has 0 aliphatic carbocycles. The Morgan fingerprint density at radius 2 is 1.44 bits per heavy atom. The Balaban J connectivity index is 1.68. The fourth-order valence-corrected chi connectivity index (χ4v) is 4.09. The van der Waals surface area contributed by atoms with E-state index in [1.165, 1.54) is 32.7 Å². The average Bonchev–Trinajstić information content (AvgIpc) is 2.87. The highest BCUT2D eigenvalue weighted by Gasteiger charge is 2.53. The predicted octanol–water partition coefficient (Wildman–Crippen LogP) is -1.74. The SMILES string of the molecule is OCC1CN2CCN3CCN4CCN1C2C34. The van der Waals surface area contributed by atoms with Gasteiger partial charge in [-0.15, -0.1) is 0 Å². The van der Waals surface area contributed by atoms with E-state index in [1.807, 2.05) is 0 Å². The summed E-state index contributed by atoms with van der Waals surface area (Å²) < 4.78 is 0. The number of nitrogens with zero attached hydrogens (tertiary/aromatic N) is 4. The Bertz CT molecular complexity index is 294. The van der Waals surface area contributed by atoms with Gasteiger partial charge in [-0.05, 0) is 0 Å². The first-order valence-electron chi connectivity index (χ1n) is 6.47. The van der Waals surface area contributed by atoms with E-state index in [2.05, 4.69) is 19.6 Å². The normalized spacial score (nSPS) is 45.2. The molecule has 4 aliphatic heterocycles. The number of aliphatic hydroxyl groups is 1. The summed E-state index contributed by atoms with van der Waals surface area (Å²) in [5, 5.41) is 9.48. The van der Waals surface area contributed by atoms with Crippen LogP contribution in [0.1, 0.15) is 0 Å². The lowest BCUT2D eigenvalue weighted by Gasteiger charge is -2.50. The molecule has 5 nitrogen and oxygen atoms in total. The molecule has 90 valence electrons. The Kier molecular flexibility index (Phi) is 2.08. The topological polar surface area (TPSA) is 33.2 Å². The van der Waals surface area contributed by atoms with Gasteiger partial charge in [-0.25, -0.2) is 0 Å². The highest BCUT2D eigenvalue weighted by Crippen LogP contribution is 2.35. The molecule has 4 saturated heterocycles. The fraction of sp³-hybridized carbons (Fsp3) is 1.00. The first-order chi connectivity index (χ1) is 7.88. The lowest BCUT2D eigenvalue weighted by molar-refractivity contribution is -0.0824. The molecule has 0 radical (unpaired) electrons. The van der Waals surface area contributed by atoms with E-state index >= 15 is 0 Å². The molecule has 1 N–H and O–H groups in total. The highest BCUT2D eigenvalue weighted by molar-refractivity contribution is 5.05. The first kappa shape index (κ1) is 9.79. The van der Waals surface area contributed by atoms with Crippen molar-refractivity contribution in [3.8, 4) is 0 Å². The van der Waals surface area contributed by atoms with Crippen molar-refractivity contribution >= 4 is 0 Å². The summed E-state index contributed by atoms with van der Waals surface area (Å²) in [4.78, 5) is 10.4. The molecule has 3 atom stereocenters. The Hall–Kier alpha value is -0.200. The van der Waals surface area contributed by atoms with Gasteiger partial charge in [-0.2, -0.15) is 0 Å². The zero-order valence-corrected chi connectivity index (χ0v) is 9.62. The lowest BCUT2D eigenvalue weighted by atomic mass is 10.1. The number of aliphatic hydroxyl groups excluding tert-OH is 1. The van der Waals surface area contributed by atoms with Crippen molar-refractivity contribution in [2.75, 3.05) is 52.4 Å². The van der Waals surface area contributed by atoms with Gasteiger partial charge in [-0.3, -0.25) is 19.6 Å². The molecule has 16 heavy (non-hydrogen) atoms. The lowest BCUT2D eigenvalue weighted by Crippen LogP contribution is -2.67. The summed E-state index contributed by atoms with van der Waals surface area (Å²) in [6.45, 7) is 8.59. The van der Waals surface area contributed by atoms with E-state index in [9.17, 15) is 5.11 Å². The third-order valence-corrected chi connectivity index (χ3v) is 4.85. The van der Waals surface area contributed by atoms with Gasteiger partial charge in [0.05, 0.1) is 18.9 Å². The van der Waals surface area contributed by atoms with Gasteiger partial charge in [0.2, 0.25) is 0 Å². The van der Waals surface area contributed by atoms with Crippen molar-refractivity contribution in [1.82, 2.24) is 19.6 Å². The molecule has 0 spiro atoms. The molecular formula is C11H20N4O. The van der Waals surface area contributed by atoms with Gasteiger partial charge >= 0.3 is 0 Å². The zero-order chi connectivity index (χ0) is 10.7. The zero-order valence-electron chi connectivity index (χ0n) is 9.62. The van der Waals surface area contributed by atoms with Crippen molar-refractivity contribution in [2.24, 2.45) is 0 Å². The summed E-state index contributed by atoms with van der Waals surface area (Å²) in [6.07, 6.45) is 1.17. The third kappa shape index (κ3) is 1.13. The van der Waals surface area contributed by atoms with Crippen LogP contribution in [0.25, 0.3) is 0 Å². The number of hydrogen-bond acceptors (Lipinski definition) is 5. The van der Waals surface area contributed by atoms with E-state index in [0.29, 0.717) is 25.0 Å². The molecule has 0 aromatic rings. The Morgan fingerprint density at radius 1 is 0.812 bits per heavy atom. The summed E-state index contributed by atoms with van der Waals surface area (Å²) in [5.74, 6) is 0. The van der Waals surface area contributed by atoms with Gasteiger partial charge in [0.15, 0.2) is 0 Å². The van der Waals surface area contributed by atoms with Crippen LogP contribution in [0, 0.1) is 0 Å². The van der Waals surface area contributed by atoms with Crippen molar-refractivity contribution in [1.29, 1.82) is 0 Å². The van der Waals surface area contributed by atoms with Crippen LogP contribution in [0.4, 0.5) is 0 Å². The number of hydrogen-bond donors (Lipinski definition) is 1. The molecule has 5 heteroatoms. The average molecular weight is 224 g/mol. The Labute approximate surface area is 96.2 Å². The first-order valence-corrected chi connectivity index (χ1v) is 6.47. The molecule has 0 aromatic carbocycles. The smallest absolute Gasteiger partial charge is 0.0926 e. The van der Waals surface area contributed by atoms with Crippen LogP contribution in [0.5, 0.6) is 0 Å². The summed E-state index contributed by atoms with van der Waals surface area (Å²) in [7, 11) is 0. The van der Waals surface area contributed by atoms with Crippen LogP contribution in [-0.2, 0) is 0 Å². The maximum Gasteiger partial charge on any atom is 0.0926 e. The van der Waals surface area contributed by atoms with Crippen LogP contribution >= 0.6 is 0 Å². The maximum absolute atomic E-state index is 9.48. The van der Waals surface area contributed by atoms with E-state index in [0.717, 1.165) is 13.1 Å². The van der Waals surface area contributed by atoms with E-state index in [4.69, 9.17) is 0 Å². The molecule has 4 aliphatic rings. The van der Waals surface area contributed by atoms with Crippen LogP contribution in [0.3, 0.4) is 0 Å². The number of rotatable bonds is 1. The standard InChI is InChI=1S/C11H20N4O/c16-8-9-7-14-4-3-12-1-2-13-5-6-15(9)11(14)10(12)13/h9-11,16H,1-8H2. The minimum absolute atomic E-state index is 0.319. The van der Waals surface area contributed by atoms with Crippen LogP contribution in [0.2, 0.25) is 0 Å². The highest BCUT2D eigenvalue weighted by atomic mass is 16.3. The van der Waals surface area contributed by atoms with Crippen LogP contribution < -0.4 is 0 Å². The predicted molar refractivity (Wildman–Crippen MR) is 59.9 cm³/mol. The largest absolute Gasteiger partial charge is 0.395 e. The number of piperazine rings is 2. The second-order valence-corrected chi connectivity index (χ2v) is 5.47. The monoisotopic (exact) mass is 224 g/mol. The van der Waals surface area contributed by atoms with Gasteiger partial charge in [0.1, 0.15) is 0 Å². The van der Waals surface area contributed by atoms with Gasteiger partial charge in [-0.1, -0.05) is 0 Å². The van der Waals surface area contributed by atoms with Gasteiger partial charge in [0.25, 0.3) is 0 Å². The van der Waals surface area contributed by atoms with E-state index < -0.39 is 0 Å². The van der Waals surface area contributed by atoms with Crippen molar-refractivity contribution < 1.29 is 5.11 Å². The summed E-state index contributed by atoms with van der Waals surface area (Å²) >= 11 is 0. The molecule has 0 amide bonds. The van der Waals surface area contributed by atoms with Gasteiger partial charge in [0, 0.05) is 51.9 Å². The van der Waals surface area contributed by atoms with Crippen LogP contribution in [0.15, 0.2) is 0 Å². The third-order valence-electron chi connectivity index (χ3n) is 4.85. The summed E-state index contributed by atoms with van der Waals surface area (Å²) in [5.41, 5.74) is 0. The van der Waals surface area contributed by atoms with Gasteiger partial charge < -0.3 is 5.11 Å². The second kappa shape index (κ2) is 3.40.